The van der Waals surface area contributed by atoms with Crippen molar-refractivity contribution in [3.8, 4) is 5.75 Å². The summed E-state index contributed by atoms with van der Waals surface area (Å²) < 4.78 is 12.1. The van der Waals surface area contributed by atoms with Crippen molar-refractivity contribution in [1.82, 2.24) is 0 Å². The lowest BCUT2D eigenvalue weighted by Crippen LogP contribution is -2.63. The minimum Gasteiger partial charge on any atom is -0.482 e. The molecule has 3 saturated carbocycles. The van der Waals surface area contributed by atoms with Crippen LogP contribution in [0.4, 0.5) is 5.69 Å². The van der Waals surface area contributed by atoms with Crippen molar-refractivity contribution in [1.29, 1.82) is 0 Å². The Hall–Kier alpha value is -2.54. The molecule has 5 rings (SSSR count). The molecule has 1 aromatic rings. The van der Waals surface area contributed by atoms with E-state index < -0.39 is 29.0 Å². The van der Waals surface area contributed by atoms with Crippen LogP contribution >= 0.6 is 0 Å². The predicted octanol–water partition coefficient (Wildman–Crippen LogP) is 5.57. The smallest absolute Gasteiger partial charge is 0.344 e. The molecular weight excluding hydrogens is 477 g/mol. The molecule has 6 nitrogen and oxygen atoms in total. The van der Waals surface area contributed by atoms with Gasteiger partial charge in [0.25, 0.3) is 6.85 Å². The first-order valence-electron chi connectivity index (χ1n) is 14.2. The summed E-state index contributed by atoms with van der Waals surface area (Å²) >= 11 is 0. The van der Waals surface area contributed by atoms with Crippen molar-refractivity contribution >= 4 is 30.4 Å². The van der Waals surface area contributed by atoms with Gasteiger partial charge in [0.1, 0.15) is 17.6 Å². The molecule has 0 spiro atoms. The average molecular weight is 519 g/mol. The standard InChI is InChI=1S/C31H42BNO5/c1-7-29(4)17-25(38-26(35)18-37-22-9-8-21-12-15-32(6)33-23(21)16-22)30(5)19(2)10-13-31(20(3)28(29)36)14-11-24(34)27(30)31/h7-9,12,15-16,19-20,25,27-28,33,36H,1,10-11,13-14,17-18H2,2-6H3/t19-,20+,25-,27+,28+,29-,30+,31+/m1/s1. The molecule has 4 aliphatic rings. The summed E-state index contributed by atoms with van der Waals surface area (Å²) in [5.74, 6) is 2.39. The lowest BCUT2D eigenvalue weighted by atomic mass is 9.44. The van der Waals surface area contributed by atoms with E-state index in [1.54, 1.807) is 0 Å². The lowest BCUT2D eigenvalue weighted by Gasteiger charge is -2.61. The van der Waals surface area contributed by atoms with E-state index in [-0.39, 0.29) is 42.4 Å². The molecule has 2 bridgehead atoms. The van der Waals surface area contributed by atoms with Crippen molar-refractivity contribution < 1.29 is 24.2 Å². The second-order valence-electron chi connectivity index (χ2n) is 12.9. The fourth-order valence-corrected chi connectivity index (χ4v) is 8.27. The number of aliphatic hydroxyl groups excluding tert-OH is 1. The first-order valence-corrected chi connectivity index (χ1v) is 14.2. The first-order chi connectivity index (χ1) is 17.9. The minimum absolute atomic E-state index is 0.0519. The highest BCUT2D eigenvalue weighted by atomic mass is 16.6. The summed E-state index contributed by atoms with van der Waals surface area (Å²) in [5.41, 5.74) is 0.578. The molecule has 3 aliphatic carbocycles. The van der Waals surface area contributed by atoms with Gasteiger partial charge in [0, 0.05) is 34.9 Å². The number of benzene rings is 1. The fourth-order valence-electron chi connectivity index (χ4n) is 8.27. The van der Waals surface area contributed by atoms with Gasteiger partial charge in [-0.2, -0.15) is 0 Å². The second kappa shape index (κ2) is 9.58. The maximum absolute atomic E-state index is 13.5. The van der Waals surface area contributed by atoms with Crippen LogP contribution in [0.5, 0.6) is 5.75 Å². The number of aliphatic hydroxyl groups is 1. The summed E-state index contributed by atoms with van der Waals surface area (Å²) in [5, 5.41) is 15.1. The number of ether oxygens (including phenoxy) is 2. The Morgan fingerprint density at radius 3 is 2.79 bits per heavy atom. The third-order valence-electron chi connectivity index (χ3n) is 10.9. The highest BCUT2D eigenvalue weighted by Gasteiger charge is 2.68. The number of ketones is 1. The number of fused-ring (bicyclic) bond motifs is 1. The second-order valence-corrected chi connectivity index (χ2v) is 12.9. The van der Waals surface area contributed by atoms with Crippen molar-refractivity contribution in [3.63, 3.8) is 0 Å². The number of anilines is 1. The monoisotopic (exact) mass is 519 g/mol. The van der Waals surface area contributed by atoms with Crippen LogP contribution in [0.15, 0.2) is 36.8 Å². The molecule has 1 aliphatic heterocycles. The average Bonchev–Trinajstić information content (AvgIpc) is 3.25. The van der Waals surface area contributed by atoms with Crippen LogP contribution in [0.3, 0.4) is 0 Å². The zero-order valence-electron chi connectivity index (χ0n) is 23.5. The van der Waals surface area contributed by atoms with Crippen LogP contribution in [-0.4, -0.2) is 42.5 Å². The van der Waals surface area contributed by atoms with Crippen LogP contribution in [-0.2, 0) is 14.3 Å². The molecule has 0 amide bonds. The molecule has 0 unspecified atom stereocenters. The van der Waals surface area contributed by atoms with E-state index in [2.05, 4.69) is 51.5 Å². The predicted molar refractivity (Wildman–Crippen MR) is 151 cm³/mol. The first kappa shape index (κ1) is 27.0. The van der Waals surface area contributed by atoms with Crippen LogP contribution in [0.25, 0.3) is 6.08 Å². The van der Waals surface area contributed by atoms with Gasteiger partial charge >= 0.3 is 5.97 Å². The van der Waals surface area contributed by atoms with E-state index in [0.717, 1.165) is 30.5 Å². The minimum atomic E-state index is -0.678. The van der Waals surface area contributed by atoms with Gasteiger partial charge in [-0.15, -0.1) is 6.58 Å². The SMILES string of the molecule is C=C[C@]1(C)C[C@@H](OC(=O)COc2ccc3c(c2)NB(C)C=C3)[C@]2(C)[C@H](C)CC[C@]3(CCC(=O)[C@H]32)[C@@H](C)[C@@H]1O. The fraction of sp³-hybridized carbons (Fsp3) is 0.613. The molecule has 204 valence electrons. The molecular formula is C31H42BNO5. The molecule has 7 heteroatoms. The molecule has 0 saturated heterocycles. The summed E-state index contributed by atoms with van der Waals surface area (Å²) in [6, 6.07) is 5.72. The number of nitrogens with one attached hydrogen (secondary N) is 1. The summed E-state index contributed by atoms with van der Waals surface area (Å²) in [6.45, 7) is 14.6. The van der Waals surface area contributed by atoms with Crippen molar-refractivity contribution in [2.45, 2.75) is 78.8 Å². The number of esters is 1. The summed E-state index contributed by atoms with van der Waals surface area (Å²) in [7, 11) is 0. The van der Waals surface area contributed by atoms with Gasteiger partial charge < -0.3 is 19.8 Å². The highest BCUT2D eigenvalue weighted by Crippen LogP contribution is 2.68. The third kappa shape index (κ3) is 4.13. The van der Waals surface area contributed by atoms with Crippen LogP contribution < -0.4 is 9.96 Å². The Labute approximate surface area is 227 Å². The van der Waals surface area contributed by atoms with Gasteiger partial charge in [0.05, 0.1) is 6.10 Å². The van der Waals surface area contributed by atoms with E-state index in [4.69, 9.17) is 9.47 Å². The molecule has 2 N–H and O–H groups in total. The summed E-state index contributed by atoms with van der Waals surface area (Å²) in [6.07, 6.45) is 6.26. The number of carbonyl (C=O) groups is 2. The highest BCUT2D eigenvalue weighted by molar-refractivity contribution is 6.67. The normalized spacial score (nSPS) is 39.8. The third-order valence-corrected chi connectivity index (χ3v) is 10.9. The number of hydrogen-bond donors (Lipinski definition) is 2. The van der Waals surface area contributed by atoms with E-state index in [0.29, 0.717) is 18.6 Å². The topological polar surface area (TPSA) is 84.9 Å². The van der Waals surface area contributed by atoms with Gasteiger partial charge in [0.2, 0.25) is 0 Å². The molecule has 8 atom stereocenters. The number of rotatable bonds is 5. The van der Waals surface area contributed by atoms with E-state index in [1.165, 1.54) is 0 Å². The summed E-state index contributed by atoms with van der Waals surface area (Å²) in [4.78, 5) is 26.8. The number of carbonyl (C=O) groups excluding carboxylic acids is 2. The molecule has 3 fully saturated rings. The van der Waals surface area contributed by atoms with E-state index in [9.17, 15) is 14.7 Å². The molecule has 1 aromatic carbocycles. The molecule has 1 heterocycles. The van der Waals surface area contributed by atoms with Gasteiger partial charge in [-0.3, -0.25) is 4.79 Å². The Kier molecular flexibility index (Phi) is 6.82. The van der Waals surface area contributed by atoms with Crippen LogP contribution in [0.2, 0.25) is 6.82 Å². The lowest BCUT2D eigenvalue weighted by molar-refractivity contribution is -0.207. The van der Waals surface area contributed by atoms with Gasteiger partial charge in [-0.05, 0) is 60.6 Å². The van der Waals surface area contributed by atoms with E-state index >= 15 is 0 Å². The van der Waals surface area contributed by atoms with Gasteiger partial charge in [-0.25, -0.2) is 4.79 Å². The van der Waals surface area contributed by atoms with Crippen LogP contribution in [0.1, 0.15) is 65.4 Å². The molecule has 0 aromatic heterocycles. The van der Waals surface area contributed by atoms with E-state index in [1.807, 2.05) is 31.2 Å². The largest absolute Gasteiger partial charge is 0.482 e. The van der Waals surface area contributed by atoms with Gasteiger partial charge in [0.15, 0.2) is 6.61 Å². The van der Waals surface area contributed by atoms with Gasteiger partial charge in [-0.1, -0.05) is 52.6 Å². The van der Waals surface area contributed by atoms with Crippen molar-refractivity contribution in [2.75, 3.05) is 11.8 Å². The Morgan fingerprint density at radius 1 is 1.29 bits per heavy atom. The Balaban J connectivity index is 1.42. The maximum atomic E-state index is 13.5. The van der Waals surface area contributed by atoms with Crippen molar-refractivity contribution in [2.24, 2.45) is 34.0 Å². The number of hydrogen-bond acceptors (Lipinski definition) is 6. The van der Waals surface area contributed by atoms with Crippen molar-refractivity contribution in [3.05, 3.63) is 42.4 Å². The Bertz CT molecular complexity index is 1170. The quantitative estimate of drug-likeness (QED) is 0.301. The molecule has 38 heavy (non-hydrogen) atoms. The van der Waals surface area contributed by atoms with Crippen LogP contribution in [0, 0.1) is 34.0 Å². The molecule has 0 radical (unpaired) electrons. The zero-order valence-corrected chi connectivity index (χ0v) is 23.5. The maximum Gasteiger partial charge on any atom is 0.344 e. The number of Topliss-reactive ketones (excluding diaryl/α,β-unsaturated/α-hetero) is 1. The zero-order chi connectivity index (χ0) is 27.5. The Morgan fingerprint density at radius 2 is 2.05 bits per heavy atom.